The van der Waals surface area contributed by atoms with Crippen LogP contribution in [0.4, 0.5) is 0 Å². The van der Waals surface area contributed by atoms with Crippen LogP contribution in [0.2, 0.25) is 51.4 Å². The first-order valence-electron chi connectivity index (χ1n) is 10.1. The Morgan fingerprint density at radius 1 is 0.593 bits per heavy atom. The lowest BCUT2D eigenvalue weighted by atomic mass is 10.2. The van der Waals surface area contributed by atoms with Crippen LogP contribution >= 0.6 is 0 Å². The average Bonchev–Trinajstić information content (AvgIpc) is 2.92. The fourth-order valence-electron chi connectivity index (χ4n) is 4.36. The smallest absolute Gasteiger partial charge is 0.0919 e. The highest BCUT2D eigenvalue weighted by Crippen LogP contribution is 2.40. The fourth-order valence-corrected chi connectivity index (χ4v) is 12.3. The van der Waals surface area contributed by atoms with E-state index in [-0.39, 0.29) is 0 Å². The zero-order chi connectivity index (χ0) is 19.7. The molecular weight excluding hydrogens is 373 g/mol. The van der Waals surface area contributed by atoms with Crippen molar-refractivity contribution >= 4 is 34.6 Å². The van der Waals surface area contributed by atoms with E-state index in [1.54, 1.807) is 21.5 Å². The summed E-state index contributed by atoms with van der Waals surface area (Å²) in [7, 11) is -4.34. The number of rotatable bonds is 4. The van der Waals surface area contributed by atoms with E-state index in [0.29, 0.717) is 0 Å². The van der Waals surface area contributed by atoms with Crippen LogP contribution in [0.15, 0.2) is 83.2 Å². The summed E-state index contributed by atoms with van der Waals surface area (Å²) in [4.78, 5) is 0. The van der Waals surface area contributed by atoms with Gasteiger partial charge in [0.05, 0.1) is 16.1 Å². The second-order valence-electron chi connectivity index (χ2n) is 10.2. The van der Waals surface area contributed by atoms with Crippen LogP contribution in [0.25, 0.3) is 0 Å². The van der Waals surface area contributed by atoms with Crippen LogP contribution < -0.4 is 10.4 Å². The van der Waals surface area contributed by atoms with Gasteiger partial charge in [0.15, 0.2) is 0 Å². The average molecular weight is 407 g/mol. The summed E-state index contributed by atoms with van der Waals surface area (Å²) in [6, 6.07) is 25.3. The highest BCUT2D eigenvalue weighted by molar-refractivity contribution is 7.04. The summed E-state index contributed by atoms with van der Waals surface area (Å²) in [5, 5.41) is 3.19. The summed E-state index contributed by atoms with van der Waals surface area (Å²) in [5.74, 6) is 0. The molecule has 3 heteroatoms. The first-order chi connectivity index (χ1) is 12.6. The van der Waals surface area contributed by atoms with E-state index in [0.717, 1.165) is 0 Å². The maximum Gasteiger partial charge on any atom is 0.126 e. The Balaban J connectivity index is 2.21. The molecule has 0 unspecified atom stereocenters. The van der Waals surface area contributed by atoms with Crippen LogP contribution in [0.1, 0.15) is 0 Å². The van der Waals surface area contributed by atoms with Crippen molar-refractivity contribution < 1.29 is 0 Å². The maximum absolute atomic E-state index is 2.69. The lowest BCUT2D eigenvalue weighted by molar-refractivity contribution is 1.42. The van der Waals surface area contributed by atoms with Gasteiger partial charge < -0.3 is 0 Å². The van der Waals surface area contributed by atoms with Crippen molar-refractivity contribution in [2.24, 2.45) is 0 Å². The van der Waals surface area contributed by atoms with E-state index < -0.39 is 24.2 Å². The van der Waals surface area contributed by atoms with Gasteiger partial charge in [0.25, 0.3) is 0 Å². The van der Waals surface area contributed by atoms with Crippen LogP contribution in [0, 0.1) is 0 Å². The number of benzene rings is 2. The van der Waals surface area contributed by atoms with Gasteiger partial charge in [-0.3, -0.25) is 0 Å². The number of hydrogen-bond donors (Lipinski definition) is 0. The molecule has 1 saturated heterocycles. The molecule has 2 aromatic rings. The Hall–Kier alpha value is -1.43. The first-order valence-corrected chi connectivity index (χ1v) is 19.7. The molecule has 1 aliphatic heterocycles. The van der Waals surface area contributed by atoms with E-state index in [2.05, 4.69) is 111 Å². The third-order valence-corrected chi connectivity index (χ3v) is 12.5. The summed E-state index contributed by atoms with van der Waals surface area (Å²) >= 11 is 0. The van der Waals surface area contributed by atoms with Gasteiger partial charge in [0.1, 0.15) is 8.07 Å². The Kier molecular flexibility index (Phi) is 5.67. The Bertz CT molecular complexity index is 761. The van der Waals surface area contributed by atoms with Crippen LogP contribution in [0.5, 0.6) is 0 Å². The number of hydrogen-bond acceptors (Lipinski definition) is 0. The van der Waals surface area contributed by atoms with Crippen molar-refractivity contribution in [1.29, 1.82) is 0 Å². The lowest BCUT2D eigenvalue weighted by Gasteiger charge is -2.28. The molecular formula is C24H34Si3. The molecule has 1 aliphatic rings. The van der Waals surface area contributed by atoms with E-state index >= 15 is 0 Å². The second-order valence-corrected chi connectivity index (χ2v) is 24.3. The second kappa shape index (κ2) is 7.53. The standard InChI is InChI=1S/C24H34Si3/c1-25(2,3)17-21-19-27(23-13-9-7-10-14-23,24-15-11-8-12-16-24)20-22(21)18-26(4,5)6/h7-18H,19-20H2,1-6H3/b21-17-,22-18-. The summed E-state index contributed by atoms with van der Waals surface area (Å²) in [5.41, 5.74) is 8.74. The van der Waals surface area contributed by atoms with Crippen molar-refractivity contribution in [2.45, 2.75) is 51.4 Å². The molecule has 0 aromatic heterocycles. The zero-order valence-electron chi connectivity index (χ0n) is 17.8. The molecule has 27 heavy (non-hydrogen) atoms. The highest BCUT2D eigenvalue weighted by Gasteiger charge is 2.44. The van der Waals surface area contributed by atoms with Gasteiger partial charge in [-0.05, 0) is 12.1 Å². The highest BCUT2D eigenvalue weighted by atomic mass is 28.3. The van der Waals surface area contributed by atoms with E-state index in [1.165, 1.54) is 12.1 Å². The number of allylic oxidation sites excluding steroid dienone is 2. The molecule has 0 aliphatic carbocycles. The molecule has 0 amide bonds. The first kappa shape index (κ1) is 20.3. The molecule has 0 saturated carbocycles. The zero-order valence-corrected chi connectivity index (χ0v) is 20.8. The van der Waals surface area contributed by atoms with E-state index in [1.807, 2.05) is 0 Å². The van der Waals surface area contributed by atoms with Crippen LogP contribution in [-0.2, 0) is 0 Å². The third-order valence-electron chi connectivity index (χ3n) is 5.26. The van der Waals surface area contributed by atoms with Crippen molar-refractivity contribution in [3.63, 3.8) is 0 Å². The third kappa shape index (κ3) is 4.89. The minimum Gasteiger partial charge on any atom is -0.0919 e. The van der Waals surface area contributed by atoms with Gasteiger partial charge in [-0.1, -0.05) is 133 Å². The van der Waals surface area contributed by atoms with Gasteiger partial charge in [-0.15, -0.1) is 0 Å². The molecule has 1 fully saturated rings. The molecule has 0 bridgehead atoms. The summed E-state index contributed by atoms with van der Waals surface area (Å²) in [6.07, 6.45) is 0. The molecule has 0 nitrogen and oxygen atoms in total. The predicted molar refractivity (Wildman–Crippen MR) is 130 cm³/mol. The Morgan fingerprint density at radius 2 is 0.926 bits per heavy atom. The molecule has 1 heterocycles. The maximum atomic E-state index is 2.69. The van der Waals surface area contributed by atoms with Crippen molar-refractivity contribution in [3.05, 3.63) is 83.2 Å². The van der Waals surface area contributed by atoms with Crippen LogP contribution in [-0.4, -0.2) is 24.2 Å². The molecule has 142 valence electrons. The Morgan fingerprint density at radius 3 is 1.22 bits per heavy atom. The quantitative estimate of drug-likeness (QED) is 0.557. The predicted octanol–water partition coefficient (Wildman–Crippen LogP) is 5.87. The lowest BCUT2D eigenvalue weighted by Crippen LogP contribution is -2.56. The monoisotopic (exact) mass is 406 g/mol. The van der Waals surface area contributed by atoms with Gasteiger partial charge in [0.2, 0.25) is 0 Å². The van der Waals surface area contributed by atoms with Gasteiger partial charge in [-0.25, -0.2) is 0 Å². The molecule has 0 N–H and O–H groups in total. The van der Waals surface area contributed by atoms with E-state index in [4.69, 9.17) is 0 Å². The molecule has 0 spiro atoms. The molecule has 0 atom stereocenters. The fraction of sp³-hybridized carbons (Fsp3) is 0.333. The Labute approximate surface area is 169 Å². The molecule has 0 radical (unpaired) electrons. The summed E-state index contributed by atoms with van der Waals surface area (Å²) in [6.45, 7) is 14.8. The van der Waals surface area contributed by atoms with E-state index in [9.17, 15) is 0 Å². The van der Waals surface area contributed by atoms with Crippen molar-refractivity contribution in [1.82, 2.24) is 0 Å². The topological polar surface area (TPSA) is 0 Å². The van der Waals surface area contributed by atoms with Crippen molar-refractivity contribution in [3.8, 4) is 0 Å². The van der Waals surface area contributed by atoms with Crippen LogP contribution in [0.3, 0.4) is 0 Å². The molecule has 2 aromatic carbocycles. The summed E-state index contributed by atoms with van der Waals surface area (Å²) < 4.78 is 0. The molecule has 3 rings (SSSR count). The van der Waals surface area contributed by atoms with Gasteiger partial charge in [0, 0.05) is 0 Å². The van der Waals surface area contributed by atoms with Crippen molar-refractivity contribution in [2.75, 3.05) is 0 Å². The van der Waals surface area contributed by atoms with Gasteiger partial charge >= 0.3 is 0 Å². The minimum atomic E-state index is -1.80. The van der Waals surface area contributed by atoms with Gasteiger partial charge in [-0.2, -0.15) is 0 Å². The normalized spacial score (nSPS) is 20.4. The SMILES string of the molecule is C[Si](C)(C)/C=C1/C[Si](c2ccccc2)(c2ccccc2)C/C1=C/[Si](C)(C)C. The minimum absolute atomic E-state index is 1.27. The largest absolute Gasteiger partial charge is 0.126 e.